The molecule has 0 saturated heterocycles. The lowest BCUT2D eigenvalue weighted by Crippen LogP contribution is -2.54. The molecule has 0 radical (unpaired) electrons. The lowest BCUT2D eigenvalue weighted by molar-refractivity contribution is -0.139. The van der Waals surface area contributed by atoms with Gasteiger partial charge >= 0.3 is 0 Å². The number of anilines is 1. The van der Waals surface area contributed by atoms with Crippen molar-refractivity contribution in [3.05, 3.63) is 95.0 Å². The average molecular weight is 584 g/mol. The van der Waals surface area contributed by atoms with Gasteiger partial charge in [0.25, 0.3) is 10.0 Å². The minimum atomic E-state index is -4.14. The molecule has 0 bridgehead atoms. The molecule has 0 aliphatic heterocycles. The van der Waals surface area contributed by atoms with Gasteiger partial charge in [0.1, 0.15) is 12.6 Å². The van der Waals surface area contributed by atoms with E-state index in [2.05, 4.69) is 5.32 Å². The lowest BCUT2D eigenvalue weighted by atomic mass is 10.1. The van der Waals surface area contributed by atoms with Crippen LogP contribution in [0, 0.1) is 6.92 Å². The van der Waals surface area contributed by atoms with Gasteiger partial charge in [-0.15, -0.1) is 0 Å². The standard InChI is InChI=1S/C31H38ClN3O4S/c1-5-24(4)33-31(37)28(6-2)34(20-19-25-13-9-7-10-14-25)30(36)22-35(29-21-26(32)18-17-23(29)3)40(38,39)27-15-11-8-12-16-27/h7-18,21,24,28H,5-6,19-20,22H2,1-4H3,(H,33,37)/t24-,28-/m1/s1. The molecule has 9 heteroatoms. The normalized spacial score (nSPS) is 12.8. The molecule has 0 saturated carbocycles. The van der Waals surface area contributed by atoms with Gasteiger partial charge in [0.15, 0.2) is 0 Å². The van der Waals surface area contributed by atoms with Crippen molar-refractivity contribution in [3.8, 4) is 0 Å². The summed E-state index contributed by atoms with van der Waals surface area (Å²) in [5, 5.41) is 3.34. The number of aryl methyl sites for hydroxylation is 1. The summed E-state index contributed by atoms with van der Waals surface area (Å²) in [4.78, 5) is 29.0. The highest BCUT2D eigenvalue weighted by Gasteiger charge is 2.34. The van der Waals surface area contributed by atoms with Gasteiger partial charge in [-0.05, 0) is 68.5 Å². The van der Waals surface area contributed by atoms with E-state index >= 15 is 0 Å². The Kier molecular flexibility index (Phi) is 11.2. The number of carbonyl (C=O) groups excluding carboxylic acids is 2. The van der Waals surface area contributed by atoms with E-state index in [1.807, 2.05) is 51.1 Å². The number of sulfonamides is 1. The fraction of sp³-hybridized carbons (Fsp3) is 0.355. The first kappa shape index (κ1) is 31.2. The minimum absolute atomic E-state index is 0.0552. The van der Waals surface area contributed by atoms with Crippen LogP contribution in [0.25, 0.3) is 0 Å². The summed E-state index contributed by atoms with van der Waals surface area (Å²) in [5.41, 5.74) is 1.97. The summed E-state index contributed by atoms with van der Waals surface area (Å²) in [6.07, 6.45) is 1.64. The van der Waals surface area contributed by atoms with Gasteiger partial charge in [0, 0.05) is 17.6 Å². The van der Waals surface area contributed by atoms with Crippen molar-refractivity contribution >= 4 is 39.1 Å². The van der Waals surface area contributed by atoms with Crippen LogP contribution in [0.2, 0.25) is 5.02 Å². The number of rotatable bonds is 13. The van der Waals surface area contributed by atoms with Gasteiger partial charge in [0.2, 0.25) is 11.8 Å². The van der Waals surface area contributed by atoms with Crippen molar-refractivity contribution in [1.82, 2.24) is 10.2 Å². The smallest absolute Gasteiger partial charge is 0.264 e. The van der Waals surface area contributed by atoms with Gasteiger partial charge in [-0.25, -0.2) is 8.42 Å². The van der Waals surface area contributed by atoms with Gasteiger partial charge in [0.05, 0.1) is 10.6 Å². The van der Waals surface area contributed by atoms with Crippen LogP contribution in [-0.2, 0) is 26.0 Å². The molecule has 0 aliphatic rings. The van der Waals surface area contributed by atoms with Crippen molar-refractivity contribution in [1.29, 1.82) is 0 Å². The summed E-state index contributed by atoms with van der Waals surface area (Å²) in [5.74, 6) is -0.726. The second-order valence-electron chi connectivity index (χ2n) is 9.82. The summed E-state index contributed by atoms with van der Waals surface area (Å²) in [6.45, 7) is 7.28. The first-order chi connectivity index (χ1) is 19.1. The van der Waals surface area contributed by atoms with Crippen molar-refractivity contribution in [2.45, 2.75) is 63.9 Å². The summed E-state index contributed by atoms with van der Waals surface area (Å²) < 4.78 is 28.9. The Bertz CT molecular complexity index is 1380. The molecule has 214 valence electrons. The first-order valence-corrected chi connectivity index (χ1v) is 15.4. The Morgan fingerprint density at radius 3 is 2.15 bits per heavy atom. The van der Waals surface area contributed by atoms with Crippen LogP contribution in [0.4, 0.5) is 5.69 Å². The SMILES string of the molecule is CC[C@@H](C)NC(=O)[C@@H](CC)N(CCc1ccccc1)C(=O)CN(c1cc(Cl)ccc1C)S(=O)(=O)c1ccccc1. The number of amides is 2. The zero-order valence-corrected chi connectivity index (χ0v) is 25.1. The zero-order valence-electron chi connectivity index (χ0n) is 23.5. The van der Waals surface area contributed by atoms with E-state index in [4.69, 9.17) is 11.6 Å². The number of hydrogen-bond acceptors (Lipinski definition) is 4. The van der Waals surface area contributed by atoms with E-state index < -0.39 is 28.5 Å². The van der Waals surface area contributed by atoms with Crippen LogP contribution in [0.1, 0.15) is 44.7 Å². The van der Waals surface area contributed by atoms with E-state index in [-0.39, 0.29) is 23.4 Å². The predicted octanol–water partition coefficient (Wildman–Crippen LogP) is 5.61. The summed E-state index contributed by atoms with van der Waals surface area (Å²) in [7, 11) is -4.14. The lowest BCUT2D eigenvalue weighted by Gasteiger charge is -2.34. The monoisotopic (exact) mass is 583 g/mol. The number of nitrogens with zero attached hydrogens (tertiary/aromatic N) is 2. The highest BCUT2D eigenvalue weighted by Crippen LogP contribution is 2.30. The molecular weight excluding hydrogens is 546 g/mol. The van der Waals surface area contributed by atoms with E-state index in [1.54, 1.807) is 43.3 Å². The van der Waals surface area contributed by atoms with Crippen molar-refractivity contribution in [2.75, 3.05) is 17.4 Å². The molecule has 7 nitrogen and oxygen atoms in total. The Morgan fingerprint density at radius 1 is 0.925 bits per heavy atom. The molecule has 1 N–H and O–H groups in total. The van der Waals surface area contributed by atoms with Crippen LogP contribution >= 0.6 is 11.6 Å². The molecule has 0 aromatic heterocycles. The highest BCUT2D eigenvalue weighted by atomic mass is 35.5. The summed E-state index contributed by atoms with van der Waals surface area (Å²) >= 11 is 6.28. The van der Waals surface area contributed by atoms with Crippen molar-refractivity contribution in [2.24, 2.45) is 0 Å². The Balaban J connectivity index is 2.04. The van der Waals surface area contributed by atoms with Gasteiger partial charge in [-0.3, -0.25) is 13.9 Å². The van der Waals surface area contributed by atoms with E-state index in [1.165, 1.54) is 17.0 Å². The highest BCUT2D eigenvalue weighted by molar-refractivity contribution is 7.92. The Morgan fingerprint density at radius 2 is 1.55 bits per heavy atom. The predicted molar refractivity (Wildman–Crippen MR) is 161 cm³/mol. The molecule has 0 fully saturated rings. The van der Waals surface area contributed by atoms with Crippen LogP contribution in [0.5, 0.6) is 0 Å². The molecule has 2 amide bonds. The van der Waals surface area contributed by atoms with Crippen LogP contribution < -0.4 is 9.62 Å². The second-order valence-corrected chi connectivity index (χ2v) is 12.1. The fourth-order valence-corrected chi connectivity index (χ4v) is 6.08. The van der Waals surface area contributed by atoms with Crippen LogP contribution in [0.3, 0.4) is 0 Å². The van der Waals surface area contributed by atoms with E-state index in [0.29, 0.717) is 29.1 Å². The molecule has 3 rings (SSSR count). The Labute approximate surface area is 243 Å². The first-order valence-electron chi connectivity index (χ1n) is 13.6. The second kappa shape index (κ2) is 14.3. The molecule has 2 atom stereocenters. The number of benzene rings is 3. The largest absolute Gasteiger partial charge is 0.352 e. The average Bonchev–Trinajstić information content (AvgIpc) is 2.95. The number of nitrogens with one attached hydrogen (secondary N) is 1. The maximum atomic E-state index is 14.1. The molecule has 0 aliphatic carbocycles. The molecule has 40 heavy (non-hydrogen) atoms. The van der Waals surface area contributed by atoms with E-state index in [0.717, 1.165) is 16.3 Å². The maximum absolute atomic E-state index is 14.1. The Hall–Kier alpha value is -3.36. The van der Waals surface area contributed by atoms with E-state index in [9.17, 15) is 18.0 Å². The van der Waals surface area contributed by atoms with Crippen LogP contribution in [-0.4, -0.2) is 50.3 Å². The minimum Gasteiger partial charge on any atom is -0.352 e. The fourth-order valence-electron chi connectivity index (χ4n) is 4.42. The molecule has 0 heterocycles. The van der Waals surface area contributed by atoms with Crippen molar-refractivity contribution < 1.29 is 18.0 Å². The van der Waals surface area contributed by atoms with Gasteiger partial charge in [-0.1, -0.05) is 80.0 Å². The molecule has 0 spiro atoms. The number of halogens is 1. The quantitative estimate of drug-likeness (QED) is 0.283. The summed E-state index contributed by atoms with van der Waals surface area (Å²) in [6, 6.07) is 21.8. The number of hydrogen-bond donors (Lipinski definition) is 1. The number of carbonyl (C=O) groups is 2. The van der Waals surface area contributed by atoms with Gasteiger partial charge < -0.3 is 10.2 Å². The van der Waals surface area contributed by atoms with Crippen molar-refractivity contribution in [3.63, 3.8) is 0 Å². The molecular formula is C31H38ClN3O4S. The topological polar surface area (TPSA) is 86.8 Å². The van der Waals surface area contributed by atoms with Crippen LogP contribution in [0.15, 0.2) is 83.8 Å². The zero-order chi connectivity index (χ0) is 29.3. The van der Waals surface area contributed by atoms with Gasteiger partial charge in [-0.2, -0.15) is 0 Å². The molecule has 3 aromatic carbocycles. The maximum Gasteiger partial charge on any atom is 0.264 e. The molecule has 3 aromatic rings. The third kappa shape index (κ3) is 7.86. The third-order valence-corrected chi connectivity index (χ3v) is 8.93. The molecule has 0 unspecified atom stereocenters. The third-order valence-electron chi connectivity index (χ3n) is 6.92.